The van der Waals surface area contributed by atoms with Crippen LogP contribution in [0.5, 0.6) is 0 Å². The smallest absolute Gasteiger partial charge is 0.338 e. The summed E-state index contributed by atoms with van der Waals surface area (Å²) in [5.74, 6) is 0.754. The summed E-state index contributed by atoms with van der Waals surface area (Å²) in [6.07, 6.45) is 3.73. The van der Waals surface area contributed by atoms with Crippen LogP contribution in [0.15, 0.2) is 91.4 Å². The summed E-state index contributed by atoms with van der Waals surface area (Å²) in [6.45, 7) is 1.98. The molecule has 0 saturated heterocycles. The van der Waals surface area contributed by atoms with Gasteiger partial charge >= 0.3 is 5.97 Å². The number of ether oxygens (including phenoxy) is 1. The van der Waals surface area contributed by atoms with Crippen molar-refractivity contribution >= 4 is 46.7 Å². The van der Waals surface area contributed by atoms with Gasteiger partial charge in [-0.15, -0.1) is 11.8 Å². The van der Waals surface area contributed by atoms with Crippen molar-refractivity contribution < 1.29 is 13.9 Å². The van der Waals surface area contributed by atoms with E-state index in [1.54, 1.807) is 29.3 Å². The second-order valence-corrected chi connectivity index (χ2v) is 10.7. The van der Waals surface area contributed by atoms with E-state index in [0.29, 0.717) is 32.2 Å². The maximum atomic E-state index is 13.9. The molecule has 1 aliphatic heterocycles. The second-order valence-electron chi connectivity index (χ2n) is 8.78. The van der Waals surface area contributed by atoms with Gasteiger partial charge in [0.1, 0.15) is 5.76 Å². The lowest BCUT2D eigenvalue weighted by Crippen LogP contribution is -2.40. The van der Waals surface area contributed by atoms with Gasteiger partial charge in [-0.3, -0.25) is 9.36 Å². The van der Waals surface area contributed by atoms with Crippen molar-refractivity contribution in [1.82, 2.24) is 4.57 Å². The third-order valence-electron chi connectivity index (χ3n) is 6.13. The molecule has 2 aromatic carbocycles. The molecule has 0 fully saturated rings. The van der Waals surface area contributed by atoms with Crippen molar-refractivity contribution in [2.75, 3.05) is 31.9 Å². The number of rotatable bonds is 7. The number of carbonyl (C=O) groups is 1. The van der Waals surface area contributed by atoms with Gasteiger partial charge in [-0.2, -0.15) is 0 Å². The van der Waals surface area contributed by atoms with E-state index in [1.807, 2.05) is 92.0 Å². The Bertz CT molecular complexity index is 1680. The normalized spacial score (nSPS) is 15.3. The van der Waals surface area contributed by atoms with E-state index in [2.05, 4.69) is 0 Å². The second kappa shape index (κ2) is 10.9. The first-order chi connectivity index (χ1) is 18.4. The number of nitrogens with zero attached hydrogens (tertiary/aromatic N) is 3. The number of thiazole rings is 1. The molecule has 0 saturated carbocycles. The van der Waals surface area contributed by atoms with Crippen LogP contribution in [0.25, 0.3) is 11.8 Å². The van der Waals surface area contributed by atoms with Crippen LogP contribution in [0.3, 0.4) is 0 Å². The monoisotopic (exact) mass is 545 g/mol. The molecule has 4 aromatic rings. The van der Waals surface area contributed by atoms with E-state index in [4.69, 9.17) is 14.1 Å². The molecule has 9 heteroatoms. The van der Waals surface area contributed by atoms with Crippen LogP contribution in [0, 0.1) is 0 Å². The van der Waals surface area contributed by atoms with E-state index >= 15 is 0 Å². The van der Waals surface area contributed by atoms with Crippen molar-refractivity contribution in [2.45, 2.75) is 17.9 Å². The Hall–Kier alpha value is -3.82. The predicted molar refractivity (Wildman–Crippen MR) is 152 cm³/mol. The van der Waals surface area contributed by atoms with Crippen LogP contribution in [-0.4, -0.2) is 37.5 Å². The third kappa shape index (κ3) is 4.87. The third-order valence-corrected chi connectivity index (χ3v) is 7.86. The van der Waals surface area contributed by atoms with E-state index in [9.17, 15) is 9.59 Å². The maximum absolute atomic E-state index is 13.9. The zero-order chi connectivity index (χ0) is 26.8. The first-order valence-corrected chi connectivity index (χ1v) is 14.1. The van der Waals surface area contributed by atoms with E-state index in [1.165, 1.54) is 11.3 Å². The molecule has 0 amide bonds. The van der Waals surface area contributed by atoms with Crippen LogP contribution >= 0.6 is 23.1 Å². The van der Waals surface area contributed by atoms with Crippen molar-refractivity contribution in [2.24, 2.45) is 4.99 Å². The van der Waals surface area contributed by atoms with Gasteiger partial charge in [0.25, 0.3) is 5.56 Å². The highest BCUT2D eigenvalue weighted by molar-refractivity contribution is 7.98. The molecule has 0 spiro atoms. The zero-order valence-corrected chi connectivity index (χ0v) is 23.1. The fraction of sp³-hybridized carbons (Fsp3) is 0.207. The number of thioether (sulfide) groups is 1. The Balaban J connectivity index is 1.79. The molecule has 0 bridgehead atoms. The first kappa shape index (κ1) is 25.8. The highest BCUT2D eigenvalue weighted by atomic mass is 32.2. The highest BCUT2D eigenvalue weighted by Gasteiger charge is 2.35. The molecule has 2 aromatic heterocycles. The standard InChI is InChI=1S/C29H27N3O4S2/c1-5-35-28(34)24-25(18-9-7-6-8-10-18)30-29-32(26(24)19-11-14-21(37-4)15-12-19)27(33)22(38-29)17-20-13-16-23(36-20)31(2)3/h6-17,26H,5H2,1-4H3/b22-17-/t26-/m0/s1. The lowest BCUT2D eigenvalue weighted by Gasteiger charge is -2.26. The summed E-state index contributed by atoms with van der Waals surface area (Å²) >= 11 is 2.90. The number of esters is 1. The first-order valence-electron chi connectivity index (χ1n) is 12.1. The number of anilines is 1. The van der Waals surface area contributed by atoms with Gasteiger partial charge in [-0.25, -0.2) is 9.79 Å². The molecule has 1 atom stereocenters. The van der Waals surface area contributed by atoms with Crippen molar-refractivity contribution in [3.63, 3.8) is 0 Å². The molecule has 0 N–H and O–H groups in total. The molecule has 0 unspecified atom stereocenters. The molecule has 194 valence electrons. The van der Waals surface area contributed by atoms with Crippen molar-refractivity contribution in [3.05, 3.63) is 109 Å². The molecule has 3 heterocycles. The fourth-order valence-corrected chi connectivity index (χ4v) is 5.72. The minimum atomic E-state index is -0.701. The number of carbonyl (C=O) groups excluding carboxylic acids is 1. The summed E-state index contributed by atoms with van der Waals surface area (Å²) < 4.78 is 13.4. The molecule has 0 aliphatic carbocycles. The van der Waals surface area contributed by atoms with E-state index in [0.717, 1.165) is 16.0 Å². The van der Waals surface area contributed by atoms with E-state index < -0.39 is 12.0 Å². The Morgan fingerprint density at radius 3 is 2.50 bits per heavy atom. The van der Waals surface area contributed by atoms with E-state index in [-0.39, 0.29) is 12.2 Å². The summed E-state index contributed by atoms with van der Waals surface area (Å²) in [5, 5.41) is 0. The molecule has 7 nitrogen and oxygen atoms in total. The Kier molecular flexibility index (Phi) is 7.40. The largest absolute Gasteiger partial charge is 0.463 e. The molecule has 5 rings (SSSR count). The van der Waals surface area contributed by atoms with Gasteiger partial charge in [-0.1, -0.05) is 53.8 Å². The van der Waals surface area contributed by atoms with Crippen LogP contribution in [0.2, 0.25) is 0 Å². The average Bonchev–Trinajstić information content (AvgIpc) is 3.53. The van der Waals surface area contributed by atoms with Crippen LogP contribution in [0.4, 0.5) is 5.88 Å². The van der Waals surface area contributed by atoms with Gasteiger partial charge in [0, 0.05) is 36.7 Å². The summed E-state index contributed by atoms with van der Waals surface area (Å²) in [5.41, 5.74) is 2.17. The highest BCUT2D eigenvalue weighted by Crippen LogP contribution is 2.35. The average molecular weight is 546 g/mol. The molecule has 1 aliphatic rings. The Labute approximate surface area is 228 Å². The minimum absolute atomic E-state index is 0.208. The van der Waals surface area contributed by atoms with Gasteiger partial charge in [0.05, 0.1) is 28.5 Å². The van der Waals surface area contributed by atoms with Crippen LogP contribution in [-0.2, 0) is 9.53 Å². The number of fused-ring (bicyclic) bond motifs is 1. The summed E-state index contributed by atoms with van der Waals surface area (Å²) in [4.78, 5) is 35.7. The summed E-state index contributed by atoms with van der Waals surface area (Å²) in [7, 11) is 3.78. The van der Waals surface area contributed by atoms with Crippen LogP contribution in [0.1, 0.15) is 29.9 Å². The van der Waals surface area contributed by atoms with Gasteiger partial charge < -0.3 is 14.1 Å². The lowest BCUT2D eigenvalue weighted by atomic mass is 9.93. The number of hydrogen-bond acceptors (Lipinski definition) is 8. The van der Waals surface area contributed by atoms with Gasteiger partial charge in [0.2, 0.25) is 0 Å². The van der Waals surface area contributed by atoms with Crippen molar-refractivity contribution in [1.29, 1.82) is 0 Å². The lowest BCUT2D eigenvalue weighted by molar-refractivity contribution is -0.138. The maximum Gasteiger partial charge on any atom is 0.338 e. The van der Waals surface area contributed by atoms with Gasteiger partial charge in [-0.05, 0) is 36.9 Å². The molecule has 38 heavy (non-hydrogen) atoms. The van der Waals surface area contributed by atoms with Gasteiger partial charge in [0.15, 0.2) is 10.7 Å². The van der Waals surface area contributed by atoms with Crippen LogP contribution < -0.4 is 19.8 Å². The van der Waals surface area contributed by atoms with Crippen molar-refractivity contribution in [3.8, 4) is 0 Å². The molecular weight excluding hydrogens is 518 g/mol. The Morgan fingerprint density at radius 2 is 1.87 bits per heavy atom. The predicted octanol–water partition coefficient (Wildman–Crippen LogP) is 4.32. The number of furan rings is 1. The quantitative estimate of drug-likeness (QED) is 0.254. The number of benzene rings is 2. The topological polar surface area (TPSA) is 77.0 Å². The Morgan fingerprint density at radius 1 is 1.13 bits per heavy atom. The number of hydrogen-bond donors (Lipinski definition) is 0. The number of aromatic nitrogens is 1. The minimum Gasteiger partial charge on any atom is -0.463 e. The molecule has 0 radical (unpaired) electrons. The SMILES string of the molecule is CCOC(=O)C1=C(c2ccccc2)N=c2s/c(=C\c3ccc(N(C)C)o3)c(=O)n2[C@H]1c1ccc(SC)cc1. The zero-order valence-electron chi connectivity index (χ0n) is 21.5. The molecular formula is C29H27N3O4S2. The summed E-state index contributed by atoms with van der Waals surface area (Å²) in [6, 6.07) is 20.4. The fourth-order valence-electron chi connectivity index (χ4n) is 4.33.